The third-order valence-electron chi connectivity index (χ3n) is 2.85. The molecule has 1 heterocycles. The van der Waals surface area contributed by atoms with Crippen LogP contribution in [0.15, 0.2) is 30.5 Å². The van der Waals surface area contributed by atoms with Crippen LogP contribution < -0.4 is 5.73 Å². The van der Waals surface area contributed by atoms with E-state index in [0.29, 0.717) is 0 Å². The fourth-order valence-corrected chi connectivity index (χ4v) is 2.17. The number of para-hydroxylation sites is 1. The second-order valence-corrected chi connectivity index (χ2v) is 5.66. The summed E-state index contributed by atoms with van der Waals surface area (Å²) in [4.78, 5) is 3.27. The molecule has 2 aromatic rings. The zero-order valence-corrected chi connectivity index (χ0v) is 10.2. The molecule has 0 bridgehead atoms. The van der Waals surface area contributed by atoms with Crippen molar-refractivity contribution in [2.24, 2.45) is 11.1 Å². The normalized spacial score (nSPS) is 14.2. The SMILES string of the molecule is CC(C)(C)CC(N)c1c[nH]c2ccccc12. The van der Waals surface area contributed by atoms with Crippen molar-refractivity contribution < 1.29 is 0 Å². The Bertz CT molecular complexity index is 477. The highest BCUT2D eigenvalue weighted by Crippen LogP contribution is 2.31. The van der Waals surface area contributed by atoms with E-state index in [9.17, 15) is 0 Å². The molecule has 2 heteroatoms. The maximum Gasteiger partial charge on any atom is 0.0457 e. The van der Waals surface area contributed by atoms with Gasteiger partial charge in [-0.1, -0.05) is 39.0 Å². The fraction of sp³-hybridized carbons (Fsp3) is 0.429. The summed E-state index contributed by atoms with van der Waals surface area (Å²) in [5.41, 5.74) is 8.93. The number of aromatic nitrogens is 1. The standard InChI is InChI=1S/C14H20N2/c1-14(2,3)8-12(15)11-9-16-13-7-5-4-6-10(11)13/h4-7,9,12,16H,8,15H2,1-3H3. The lowest BCUT2D eigenvalue weighted by Gasteiger charge is -2.22. The van der Waals surface area contributed by atoms with Crippen molar-refractivity contribution in [2.45, 2.75) is 33.2 Å². The van der Waals surface area contributed by atoms with E-state index in [1.165, 1.54) is 16.5 Å². The summed E-state index contributed by atoms with van der Waals surface area (Å²) < 4.78 is 0. The summed E-state index contributed by atoms with van der Waals surface area (Å²) in [6.07, 6.45) is 3.04. The molecule has 0 aliphatic carbocycles. The second kappa shape index (κ2) is 3.95. The molecule has 1 aromatic carbocycles. The van der Waals surface area contributed by atoms with Gasteiger partial charge in [0.1, 0.15) is 0 Å². The molecule has 16 heavy (non-hydrogen) atoms. The van der Waals surface area contributed by atoms with Gasteiger partial charge in [0, 0.05) is 23.1 Å². The zero-order chi connectivity index (χ0) is 11.8. The molecular formula is C14H20N2. The van der Waals surface area contributed by atoms with Crippen LogP contribution in [0.5, 0.6) is 0 Å². The van der Waals surface area contributed by atoms with Gasteiger partial charge in [-0.15, -0.1) is 0 Å². The minimum absolute atomic E-state index is 0.108. The van der Waals surface area contributed by atoms with Crippen LogP contribution >= 0.6 is 0 Å². The first kappa shape index (κ1) is 11.2. The Morgan fingerprint density at radius 2 is 1.94 bits per heavy atom. The van der Waals surface area contributed by atoms with Crippen LogP contribution in [0.2, 0.25) is 0 Å². The van der Waals surface area contributed by atoms with Gasteiger partial charge in [-0.25, -0.2) is 0 Å². The van der Waals surface area contributed by atoms with E-state index in [4.69, 9.17) is 5.73 Å². The molecule has 1 aromatic heterocycles. The van der Waals surface area contributed by atoms with Crippen LogP contribution in [0.3, 0.4) is 0 Å². The van der Waals surface area contributed by atoms with Gasteiger partial charge < -0.3 is 10.7 Å². The number of hydrogen-bond acceptors (Lipinski definition) is 1. The van der Waals surface area contributed by atoms with Crippen molar-refractivity contribution in [3.63, 3.8) is 0 Å². The Morgan fingerprint density at radius 1 is 1.25 bits per heavy atom. The predicted molar refractivity (Wildman–Crippen MR) is 69.3 cm³/mol. The molecule has 0 saturated carbocycles. The van der Waals surface area contributed by atoms with Crippen molar-refractivity contribution in [1.29, 1.82) is 0 Å². The Hall–Kier alpha value is -1.28. The van der Waals surface area contributed by atoms with Crippen molar-refractivity contribution in [3.8, 4) is 0 Å². The van der Waals surface area contributed by atoms with E-state index in [1.807, 2.05) is 12.3 Å². The Labute approximate surface area is 96.9 Å². The molecule has 0 aliphatic rings. The largest absolute Gasteiger partial charge is 0.361 e. The van der Waals surface area contributed by atoms with E-state index in [2.05, 4.69) is 44.0 Å². The van der Waals surface area contributed by atoms with Gasteiger partial charge in [-0.05, 0) is 23.5 Å². The summed E-state index contributed by atoms with van der Waals surface area (Å²) >= 11 is 0. The van der Waals surface area contributed by atoms with Gasteiger partial charge in [0.05, 0.1) is 0 Å². The maximum atomic E-state index is 6.27. The van der Waals surface area contributed by atoms with Crippen molar-refractivity contribution in [2.75, 3.05) is 0 Å². The molecule has 0 fully saturated rings. The molecule has 1 unspecified atom stereocenters. The van der Waals surface area contributed by atoms with Crippen molar-refractivity contribution in [1.82, 2.24) is 4.98 Å². The summed E-state index contributed by atoms with van der Waals surface area (Å²) in [7, 11) is 0. The first-order valence-electron chi connectivity index (χ1n) is 5.79. The smallest absolute Gasteiger partial charge is 0.0457 e. The number of rotatable bonds is 2. The molecule has 2 nitrogen and oxygen atoms in total. The highest BCUT2D eigenvalue weighted by molar-refractivity contribution is 5.83. The monoisotopic (exact) mass is 216 g/mol. The summed E-state index contributed by atoms with van der Waals surface area (Å²) in [6, 6.07) is 8.42. The highest BCUT2D eigenvalue weighted by Gasteiger charge is 2.19. The quantitative estimate of drug-likeness (QED) is 0.791. The molecular weight excluding hydrogens is 196 g/mol. The summed E-state index contributed by atoms with van der Waals surface area (Å²) in [5, 5.41) is 1.25. The lowest BCUT2D eigenvalue weighted by molar-refractivity contribution is 0.343. The second-order valence-electron chi connectivity index (χ2n) is 5.66. The van der Waals surface area contributed by atoms with Gasteiger partial charge in [0.25, 0.3) is 0 Å². The van der Waals surface area contributed by atoms with E-state index in [0.717, 1.165) is 6.42 Å². The predicted octanol–water partition coefficient (Wildman–Crippen LogP) is 3.60. The van der Waals surface area contributed by atoms with Gasteiger partial charge >= 0.3 is 0 Å². The van der Waals surface area contributed by atoms with E-state index in [1.54, 1.807) is 0 Å². The molecule has 0 radical (unpaired) electrons. The van der Waals surface area contributed by atoms with Crippen molar-refractivity contribution >= 4 is 10.9 Å². The first-order valence-corrected chi connectivity index (χ1v) is 5.79. The lowest BCUT2D eigenvalue weighted by Crippen LogP contribution is -2.18. The average molecular weight is 216 g/mol. The number of fused-ring (bicyclic) bond motifs is 1. The molecule has 3 N–H and O–H groups in total. The topological polar surface area (TPSA) is 41.8 Å². The molecule has 0 saturated heterocycles. The van der Waals surface area contributed by atoms with Gasteiger partial charge in [0.15, 0.2) is 0 Å². The maximum absolute atomic E-state index is 6.27. The van der Waals surface area contributed by atoms with Crippen molar-refractivity contribution in [3.05, 3.63) is 36.0 Å². The molecule has 1 atom stereocenters. The molecule has 0 amide bonds. The third-order valence-corrected chi connectivity index (χ3v) is 2.85. The van der Waals surface area contributed by atoms with Gasteiger partial charge in [-0.3, -0.25) is 0 Å². The summed E-state index contributed by atoms with van der Waals surface area (Å²) in [6.45, 7) is 6.67. The van der Waals surface area contributed by atoms with Crippen LogP contribution in [0.25, 0.3) is 10.9 Å². The van der Waals surface area contributed by atoms with Crippen LogP contribution in [-0.4, -0.2) is 4.98 Å². The molecule has 86 valence electrons. The third kappa shape index (κ3) is 2.27. The Morgan fingerprint density at radius 3 is 2.62 bits per heavy atom. The number of H-pyrrole nitrogens is 1. The van der Waals surface area contributed by atoms with Gasteiger partial charge in [0.2, 0.25) is 0 Å². The van der Waals surface area contributed by atoms with E-state index < -0.39 is 0 Å². The zero-order valence-electron chi connectivity index (χ0n) is 10.2. The van der Waals surface area contributed by atoms with Crippen LogP contribution in [0.1, 0.15) is 38.8 Å². The summed E-state index contributed by atoms with van der Waals surface area (Å²) in [5.74, 6) is 0. The first-order chi connectivity index (χ1) is 7.47. The number of hydrogen-bond donors (Lipinski definition) is 2. The average Bonchev–Trinajstić information content (AvgIpc) is 2.58. The number of benzene rings is 1. The minimum Gasteiger partial charge on any atom is -0.361 e. The number of nitrogens with one attached hydrogen (secondary N) is 1. The minimum atomic E-state index is 0.108. The van der Waals surface area contributed by atoms with E-state index in [-0.39, 0.29) is 11.5 Å². The Balaban J connectivity index is 2.33. The lowest BCUT2D eigenvalue weighted by atomic mass is 9.86. The number of nitrogens with two attached hydrogens (primary N) is 1. The number of aromatic amines is 1. The van der Waals surface area contributed by atoms with Crippen LogP contribution in [0, 0.1) is 5.41 Å². The fourth-order valence-electron chi connectivity index (χ4n) is 2.17. The van der Waals surface area contributed by atoms with Crippen LogP contribution in [0.4, 0.5) is 0 Å². The Kier molecular flexibility index (Phi) is 2.76. The molecule has 0 spiro atoms. The highest BCUT2D eigenvalue weighted by atomic mass is 14.7. The van der Waals surface area contributed by atoms with Crippen LogP contribution in [-0.2, 0) is 0 Å². The molecule has 2 rings (SSSR count). The molecule has 0 aliphatic heterocycles. The van der Waals surface area contributed by atoms with Gasteiger partial charge in [-0.2, -0.15) is 0 Å². The van der Waals surface area contributed by atoms with E-state index >= 15 is 0 Å².